The van der Waals surface area contributed by atoms with E-state index in [1.165, 1.54) is 6.07 Å². The summed E-state index contributed by atoms with van der Waals surface area (Å²) >= 11 is 0. The number of halogens is 1. The maximum atomic E-state index is 13.4. The molecule has 0 aliphatic heterocycles. The van der Waals surface area contributed by atoms with Crippen LogP contribution in [0.15, 0.2) is 34.7 Å². The SMILES string of the molecule is Cc1ccc(CNc2c(N)cccc2F)o1. The molecule has 0 unspecified atom stereocenters. The minimum absolute atomic E-state index is 0.316. The zero-order chi connectivity index (χ0) is 11.5. The third-order valence-electron chi connectivity index (χ3n) is 2.28. The van der Waals surface area contributed by atoms with Crippen LogP contribution in [0, 0.1) is 12.7 Å². The Morgan fingerprint density at radius 3 is 2.75 bits per heavy atom. The average Bonchev–Trinajstić information content (AvgIpc) is 2.63. The van der Waals surface area contributed by atoms with Crippen molar-refractivity contribution in [3.05, 3.63) is 47.7 Å². The van der Waals surface area contributed by atoms with Gasteiger partial charge in [-0.3, -0.25) is 0 Å². The maximum Gasteiger partial charge on any atom is 0.148 e. The highest BCUT2D eigenvalue weighted by Crippen LogP contribution is 2.22. The van der Waals surface area contributed by atoms with Gasteiger partial charge in [0, 0.05) is 0 Å². The van der Waals surface area contributed by atoms with Crippen LogP contribution in [-0.2, 0) is 6.54 Å². The first-order valence-corrected chi connectivity index (χ1v) is 5.00. The van der Waals surface area contributed by atoms with Crippen molar-refractivity contribution in [1.82, 2.24) is 0 Å². The molecule has 84 valence electrons. The van der Waals surface area contributed by atoms with Gasteiger partial charge in [-0.05, 0) is 31.2 Å². The van der Waals surface area contributed by atoms with Crippen LogP contribution < -0.4 is 11.1 Å². The first-order valence-electron chi connectivity index (χ1n) is 5.00. The smallest absolute Gasteiger partial charge is 0.148 e. The molecule has 0 amide bonds. The lowest BCUT2D eigenvalue weighted by atomic mass is 10.2. The van der Waals surface area contributed by atoms with Gasteiger partial charge in [-0.15, -0.1) is 0 Å². The van der Waals surface area contributed by atoms with E-state index in [-0.39, 0.29) is 5.82 Å². The number of nitrogen functional groups attached to an aromatic ring is 1. The molecule has 0 atom stereocenters. The van der Waals surface area contributed by atoms with Gasteiger partial charge in [0.1, 0.15) is 17.3 Å². The monoisotopic (exact) mass is 220 g/mol. The fourth-order valence-electron chi connectivity index (χ4n) is 1.48. The molecule has 0 radical (unpaired) electrons. The van der Waals surface area contributed by atoms with Gasteiger partial charge in [0.05, 0.1) is 17.9 Å². The van der Waals surface area contributed by atoms with E-state index in [0.29, 0.717) is 17.9 Å². The summed E-state index contributed by atoms with van der Waals surface area (Å²) in [7, 11) is 0. The van der Waals surface area contributed by atoms with Gasteiger partial charge in [-0.1, -0.05) is 6.07 Å². The lowest BCUT2D eigenvalue weighted by molar-refractivity contribution is 0.490. The molecule has 4 heteroatoms. The van der Waals surface area contributed by atoms with Crippen molar-refractivity contribution >= 4 is 11.4 Å². The highest BCUT2D eigenvalue weighted by molar-refractivity contribution is 5.66. The summed E-state index contributed by atoms with van der Waals surface area (Å²) in [4.78, 5) is 0. The van der Waals surface area contributed by atoms with Crippen molar-refractivity contribution in [2.24, 2.45) is 0 Å². The van der Waals surface area contributed by atoms with Crippen LogP contribution in [0.5, 0.6) is 0 Å². The van der Waals surface area contributed by atoms with Crippen molar-refractivity contribution in [2.75, 3.05) is 11.1 Å². The molecule has 0 aliphatic rings. The number of rotatable bonds is 3. The van der Waals surface area contributed by atoms with E-state index in [9.17, 15) is 4.39 Å². The van der Waals surface area contributed by atoms with Gasteiger partial charge in [0.2, 0.25) is 0 Å². The van der Waals surface area contributed by atoms with E-state index in [1.807, 2.05) is 19.1 Å². The molecule has 3 N–H and O–H groups in total. The number of benzene rings is 1. The van der Waals surface area contributed by atoms with E-state index in [2.05, 4.69) is 5.32 Å². The molecule has 1 heterocycles. The number of anilines is 2. The van der Waals surface area contributed by atoms with E-state index in [0.717, 1.165) is 11.5 Å². The second kappa shape index (κ2) is 4.26. The van der Waals surface area contributed by atoms with E-state index in [1.54, 1.807) is 12.1 Å². The summed E-state index contributed by atoms with van der Waals surface area (Å²) in [5.74, 6) is 1.22. The zero-order valence-corrected chi connectivity index (χ0v) is 8.96. The van der Waals surface area contributed by atoms with Crippen molar-refractivity contribution < 1.29 is 8.81 Å². The first kappa shape index (κ1) is 10.5. The van der Waals surface area contributed by atoms with Crippen LogP contribution in [0.25, 0.3) is 0 Å². The Morgan fingerprint density at radius 2 is 2.12 bits per heavy atom. The lowest BCUT2D eigenvalue weighted by Crippen LogP contribution is -2.03. The van der Waals surface area contributed by atoms with Gasteiger partial charge in [0.15, 0.2) is 0 Å². The Bertz CT molecular complexity index is 473. The van der Waals surface area contributed by atoms with Crippen molar-refractivity contribution in [3.8, 4) is 0 Å². The fraction of sp³-hybridized carbons (Fsp3) is 0.167. The summed E-state index contributed by atoms with van der Waals surface area (Å²) in [6.07, 6.45) is 0. The van der Waals surface area contributed by atoms with Crippen molar-refractivity contribution in [2.45, 2.75) is 13.5 Å². The summed E-state index contributed by atoms with van der Waals surface area (Å²) in [5.41, 5.74) is 6.37. The molecule has 0 spiro atoms. The molecule has 3 nitrogen and oxygen atoms in total. The van der Waals surface area contributed by atoms with Crippen molar-refractivity contribution in [3.63, 3.8) is 0 Å². The second-order valence-corrected chi connectivity index (χ2v) is 3.57. The Balaban J connectivity index is 2.10. The lowest BCUT2D eigenvalue weighted by Gasteiger charge is -2.08. The molecule has 0 saturated carbocycles. The van der Waals surface area contributed by atoms with Gasteiger partial charge in [0.25, 0.3) is 0 Å². The van der Waals surface area contributed by atoms with Crippen molar-refractivity contribution in [1.29, 1.82) is 0 Å². The van der Waals surface area contributed by atoms with Gasteiger partial charge < -0.3 is 15.5 Å². The molecule has 0 saturated heterocycles. The standard InChI is InChI=1S/C12H13FN2O/c1-8-5-6-9(16-8)7-15-12-10(13)3-2-4-11(12)14/h2-6,15H,7,14H2,1H3. The molecule has 1 aromatic carbocycles. The summed E-state index contributed by atoms with van der Waals surface area (Å²) < 4.78 is 18.7. The number of para-hydroxylation sites is 1. The number of aryl methyl sites for hydroxylation is 1. The van der Waals surface area contributed by atoms with Crippen LogP contribution in [-0.4, -0.2) is 0 Å². The topological polar surface area (TPSA) is 51.2 Å². The normalized spacial score (nSPS) is 10.4. The molecule has 0 aliphatic carbocycles. The Labute approximate surface area is 93.1 Å². The third kappa shape index (κ3) is 2.16. The van der Waals surface area contributed by atoms with Crippen LogP contribution in [0.4, 0.5) is 15.8 Å². The molecule has 0 fully saturated rings. The van der Waals surface area contributed by atoms with E-state index >= 15 is 0 Å². The largest absolute Gasteiger partial charge is 0.465 e. The van der Waals surface area contributed by atoms with Gasteiger partial charge >= 0.3 is 0 Å². The predicted molar refractivity (Wildman–Crippen MR) is 61.6 cm³/mol. The minimum Gasteiger partial charge on any atom is -0.465 e. The summed E-state index contributed by atoms with van der Waals surface area (Å²) in [6.45, 7) is 2.28. The number of hydrogen-bond donors (Lipinski definition) is 2. The fourth-order valence-corrected chi connectivity index (χ4v) is 1.48. The number of furan rings is 1. The van der Waals surface area contributed by atoms with E-state index < -0.39 is 0 Å². The quantitative estimate of drug-likeness (QED) is 0.782. The molecule has 1 aromatic heterocycles. The Hall–Kier alpha value is -1.97. The minimum atomic E-state index is -0.358. The molecule has 2 aromatic rings. The highest BCUT2D eigenvalue weighted by atomic mass is 19.1. The summed E-state index contributed by atoms with van der Waals surface area (Å²) in [5, 5.41) is 2.92. The third-order valence-corrected chi connectivity index (χ3v) is 2.28. The Kier molecular flexibility index (Phi) is 2.81. The molecule has 2 rings (SSSR count). The molecule has 0 bridgehead atoms. The van der Waals surface area contributed by atoms with Gasteiger partial charge in [-0.2, -0.15) is 0 Å². The average molecular weight is 220 g/mol. The Morgan fingerprint density at radius 1 is 1.31 bits per heavy atom. The van der Waals surface area contributed by atoms with Crippen LogP contribution in [0.2, 0.25) is 0 Å². The highest BCUT2D eigenvalue weighted by Gasteiger charge is 2.06. The van der Waals surface area contributed by atoms with Crippen LogP contribution in [0.1, 0.15) is 11.5 Å². The molecular formula is C12H13FN2O. The van der Waals surface area contributed by atoms with Crippen LogP contribution in [0.3, 0.4) is 0 Å². The predicted octanol–water partition coefficient (Wildman–Crippen LogP) is 2.92. The molecule has 16 heavy (non-hydrogen) atoms. The van der Waals surface area contributed by atoms with Crippen LogP contribution >= 0.6 is 0 Å². The first-order chi connectivity index (χ1) is 7.66. The second-order valence-electron chi connectivity index (χ2n) is 3.57. The number of nitrogens with one attached hydrogen (secondary N) is 1. The number of hydrogen-bond acceptors (Lipinski definition) is 3. The number of nitrogens with two attached hydrogens (primary N) is 1. The molecular weight excluding hydrogens is 207 g/mol. The van der Waals surface area contributed by atoms with E-state index in [4.69, 9.17) is 10.2 Å². The summed E-state index contributed by atoms with van der Waals surface area (Å²) in [6, 6.07) is 8.30. The zero-order valence-electron chi connectivity index (χ0n) is 8.96. The maximum absolute atomic E-state index is 13.4. The van der Waals surface area contributed by atoms with Gasteiger partial charge in [-0.25, -0.2) is 4.39 Å².